The molecule has 0 bridgehead atoms. The van der Waals surface area contributed by atoms with Crippen LogP contribution in [0.25, 0.3) is 0 Å². The van der Waals surface area contributed by atoms with Crippen molar-refractivity contribution >= 4 is 5.78 Å². The van der Waals surface area contributed by atoms with Crippen LogP contribution >= 0.6 is 0 Å². The molecule has 0 N–H and O–H groups in total. The SMILES string of the molecule is CCc1ncc(C(=O)C(F)(F)F)c(C(F)(F)F)n1. The maximum Gasteiger partial charge on any atom is 0.455 e. The number of aryl methyl sites for hydroxylation is 1. The van der Waals surface area contributed by atoms with E-state index in [-0.39, 0.29) is 18.4 Å². The number of aromatic nitrogens is 2. The first kappa shape index (κ1) is 14.4. The summed E-state index contributed by atoms with van der Waals surface area (Å²) in [4.78, 5) is 17.0. The van der Waals surface area contributed by atoms with Crippen molar-refractivity contribution in [2.24, 2.45) is 0 Å². The summed E-state index contributed by atoms with van der Waals surface area (Å²) in [5.74, 6) is -2.90. The van der Waals surface area contributed by atoms with Crippen molar-refractivity contribution in [1.82, 2.24) is 9.97 Å². The zero-order valence-corrected chi connectivity index (χ0v) is 8.85. The Bertz CT molecular complexity index is 465. The van der Waals surface area contributed by atoms with E-state index in [1.807, 2.05) is 0 Å². The number of hydrogen-bond donors (Lipinski definition) is 0. The van der Waals surface area contributed by atoms with Gasteiger partial charge in [-0.2, -0.15) is 26.3 Å². The summed E-state index contributed by atoms with van der Waals surface area (Å²) in [5, 5.41) is 0. The van der Waals surface area contributed by atoms with Crippen LogP contribution in [0.3, 0.4) is 0 Å². The third-order valence-electron chi connectivity index (χ3n) is 1.93. The second-order valence-electron chi connectivity index (χ2n) is 3.23. The molecule has 0 spiro atoms. The fourth-order valence-electron chi connectivity index (χ4n) is 1.12. The van der Waals surface area contributed by atoms with Gasteiger partial charge in [-0.3, -0.25) is 4.79 Å². The van der Waals surface area contributed by atoms with E-state index >= 15 is 0 Å². The molecule has 0 fully saturated rings. The van der Waals surface area contributed by atoms with Gasteiger partial charge in [0.15, 0.2) is 5.69 Å². The fraction of sp³-hybridized carbons (Fsp3) is 0.444. The molecule has 0 aliphatic heterocycles. The predicted octanol–water partition coefficient (Wildman–Crippen LogP) is 2.80. The number of rotatable bonds is 2. The Labute approximate surface area is 96.9 Å². The molecule has 0 amide bonds. The van der Waals surface area contributed by atoms with Gasteiger partial charge in [0.25, 0.3) is 5.78 Å². The molecule has 3 nitrogen and oxygen atoms in total. The third kappa shape index (κ3) is 2.96. The van der Waals surface area contributed by atoms with Gasteiger partial charge in [0.05, 0.1) is 5.56 Å². The predicted molar refractivity (Wildman–Crippen MR) is 46.8 cm³/mol. The number of alkyl halides is 6. The number of hydrogen-bond acceptors (Lipinski definition) is 3. The van der Waals surface area contributed by atoms with Crippen LogP contribution in [-0.2, 0) is 12.6 Å². The van der Waals surface area contributed by atoms with E-state index in [0.717, 1.165) is 0 Å². The van der Waals surface area contributed by atoms with Crippen molar-refractivity contribution in [2.75, 3.05) is 0 Å². The number of carbonyl (C=O) groups is 1. The monoisotopic (exact) mass is 272 g/mol. The number of Topliss-reactive ketones (excluding diaryl/α,β-unsaturated/α-hetero) is 1. The van der Waals surface area contributed by atoms with Gasteiger partial charge in [-0.1, -0.05) is 6.92 Å². The molecular weight excluding hydrogens is 266 g/mol. The third-order valence-corrected chi connectivity index (χ3v) is 1.93. The summed E-state index contributed by atoms with van der Waals surface area (Å²) >= 11 is 0. The fourth-order valence-corrected chi connectivity index (χ4v) is 1.12. The van der Waals surface area contributed by atoms with Gasteiger partial charge < -0.3 is 0 Å². The van der Waals surface area contributed by atoms with Crippen LogP contribution in [0.2, 0.25) is 0 Å². The van der Waals surface area contributed by atoms with Gasteiger partial charge in [0.1, 0.15) is 5.82 Å². The number of carbonyl (C=O) groups excluding carboxylic acids is 1. The van der Waals surface area contributed by atoms with Crippen LogP contribution in [0.5, 0.6) is 0 Å². The quantitative estimate of drug-likeness (QED) is 0.614. The molecule has 0 saturated heterocycles. The second-order valence-corrected chi connectivity index (χ2v) is 3.23. The van der Waals surface area contributed by atoms with Crippen molar-refractivity contribution < 1.29 is 31.1 Å². The Morgan fingerprint density at radius 1 is 1.22 bits per heavy atom. The first-order valence-electron chi connectivity index (χ1n) is 4.62. The summed E-state index contributed by atoms with van der Waals surface area (Å²) in [6.45, 7) is 1.43. The lowest BCUT2D eigenvalue weighted by molar-refractivity contribution is -0.142. The van der Waals surface area contributed by atoms with E-state index in [1.54, 1.807) is 0 Å². The van der Waals surface area contributed by atoms with Gasteiger partial charge in [-0.25, -0.2) is 9.97 Å². The number of halogens is 6. The smallest absolute Gasteiger partial charge is 0.284 e. The molecule has 1 aromatic rings. The Morgan fingerprint density at radius 2 is 1.78 bits per heavy atom. The molecule has 0 unspecified atom stereocenters. The van der Waals surface area contributed by atoms with Crippen molar-refractivity contribution in [3.8, 4) is 0 Å². The van der Waals surface area contributed by atoms with Gasteiger partial charge in [0, 0.05) is 12.6 Å². The highest BCUT2D eigenvalue weighted by Gasteiger charge is 2.46. The molecular formula is C9H6F6N2O. The molecule has 1 heterocycles. The summed E-state index contributed by atoms with van der Waals surface area (Å²) in [7, 11) is 0. The van der Waals surface area contributed by atoms with Gasteiger partial charge in [-0.15, -0.1) is 0 Å². The van der Waals surface area contributed by atoms with Crippen molar-refractivity contribution in [3.63, 3.8) is 0 Å². The van der Waals surface area contributed by atoms with Gasteiger partial charge in [0.2, 0.25) is 0 Å². The molecule has 100 valence electrons. The Balaban J connectivity index is 3.41. The summed E-state index contributed by atoms with van der Waals surface area (Å²) in [5.41, 5.74) is -3.45. The summed E-state index contributed by atoms with van der Waals surface area (Å²) < 4.78 is 73.8. The summed E-state index contributed by atoms with van der Waals surface area (Å²) in [6, 6.07) is 0. The molecule has 0 aromatic carbocycles. The highest BCUT2D eigenvalue weighted by atomic mass is 19.4. The van der Waals surface area contributed by atoms with Crippen molar-refractivity contribution in [1.29, 1.82) is 0 Å². The van der Waals surface area contributed by atoms with Crippen LogP contribution in [0, 0.1) is 0 Å². The first-order chi connectivity index (χ1) is 8.07. The van der Waals surface area contributed by atoms with Crippen molar-refractivity contribution in [2.45, 2.75) is 25.7 Å². The average Bonchev–Trinajstić information content (AvgIpc) is 2.24. The second kappa shape index (κ2) is 4.54. The zero-order chi connectivity index (χ0) is 14.1. The van der Waals surface area contributed by atoms with E-state index in [2.05, 4.69) is 9.97 Å². The molecule has 1 aromatic heterocycles. The van der Waals surface area contributed by atoms with Crippen LogP contribution in [0.15, 0.2) is 6.20 Å². The van der Waals surface area contributed by atoms with Crippen LogP contribution in [0.1, 0.15) is 28.8 Å². The Hall–Kier alpha value is -1.67. The largest absolute Gasteiger partial charge is 0.455 e. The molecule has 9 heteroatoms. The minimum Gasteiger partial charge on any atom is -0.284 e. The minimum absolute atomic E-state index is 0.00354. The average molecular weight is 272 g/mol. The van der Waals surface area contributed by atoms with E-state index in [1.165, 1.54) is 6.92 Å². The zero-order valence-electron chi connectivity index (χ0n) is 8.85. The van der Waals surface area contributed by atoms with Crippen LogP contribution in [0.4, 0.5) is 26.3 Å². The molecule has 0 aliphatic rings. The summed E-state index contributed by atoms with van der Waals surface area (Å²) in [6.07, 6.45) is -10.3. The van der Waals surface area contributed by atoms with Gasteiger partial charge >= 0.3 is 12.4 Å². The van der Waals surface area contributed by atoms with E-state index in [0.29, 0.717) is 0 Å². The highest BCUT2D eigenvalue weighted by Crippen LogP contribution is 2.33. The Kier molecular flexibility index (Phi) is 3.63. The molecule has 0 radical (unpaired) electrons. The standard InChI is InChI=1S/C9H6F6N2O/c1-2-5-16-3-4(7(18)9(13,14)15)6(17-5)8(10,11)12/h3H,2H2,1H3. The van der Waals surface area contributed by atoms with Gasteiger partial charge in [-0.05, 0) is 0 Å². The Morgan fingerprint density at radius 3 is 2.17 bits per heavy atom. The molecule has 1 rings (SSSR count). The maximum absolute atomic E-state index is 12.5. The van der Waals surface area contributed by atoms with E-state index in [9.17, 15) is 31.1 Å². The molecule has 0 saturated carbocycles. The first-order valence-corrected chi connectivity index (χ1v) is 4.62. The molecule has 0 atom stereocenters. The maximum atomic E-state index is 12.5. The lowest BCUT2D eigenvalue weighted by Crippen LogP contribution is -2.27. The lowest BCUT2D eigenvalue weighted by atomic mass is 10.1. The van der Waals surface area contributed by atoms with Crippen LogP contribution in [-0.4, -0.2) is 21.9 Å². The van der Waals surface area contributed by atoms with E-state index in [4.69, 9.17) is 0 Å². The van der Waals surface area contributed by atoms with Crippen LogP contribution < -0.4 is 0 Å². The lowest BCUT2D eigenvalue weighted by Gasteiger charge is -2.12. The van der Waals surface area contributed by atoms with Crippen molar-refractivity contribution in [3.05, 3.63) is 23.3 Å². The highest BCUT2D eigenvalue weighted by molar-refractivity contribution is 6.01. The van der Waals surface area contributed by atoms with E-state index < -0.39 is 29.4 Å². The normalized spacial score (nSPS) is 12.6. The molecule has 0 aliphatic carbocycles. The number of ketones is 1. The molecule has 18 heavy (non-hydrogen) atoms. The topological polar surface area (TPSA) is 42.9 Å². The number of nitrogens with zero attached hydrogens (tertiary/aromatic N) is 2. The minimum atomic E-state index is -5.41.